The molecule has 0 radical (unpaired) electrons. The molecule has 0 saturated carbocycles. The van der Waals surface area contributed by atoms with E-state index in [9.17, 15) is 14.5 Å². The lowest BCUT2D eigenvalue weighted by Crippen LogP contribution is -2.47. The molecule has 0 aliphatic heterocycles. The molecule has 0 spiro atoms. The number of carbonyl (C=O) groups is 1. The number of nitroso groups, excluding NO2 is 1. The first-order valence-corrected chi connectivity index (χ1v) is 9.97. The van der Waals surface area contributed by atoms with Gasteiger partial charge in [0, 0.05) is 15.3 Å². The molecule has 1 aromatic heterocycles. The Kier molecular flexibility index (Phi) is 5.79. The molecule has 8 heteroatoms. The normalized spacial score (nSPS) is 13.5. The molecule has 1 heterocycles. The highest BCUT2D eigenvalue weighted by atomic mass is 79.9. The summed E-state index contributed by atoms with van der Waals surface area (Å²) in [6.45, 7) is 1.38. The van der Waals surface area contributed by atoms with E-state index < -0.39 is 0 Å². The van der Waals surface area contributed by atoms with Gasteiger partial charge in [-0.05, 0) is 42.6 Å². The first-order valence-electron chi connectivity index (χ1n) is 7.82. The van der Waals surface area contributed by atoms with Crippen LogP contribution in [0.4, 0.5) is 5.69 Å². The summed E-state index contributed by atoms with van der Waals surface area (Å²) in [7, 11) is 0. The Balaban J connectivity index is 2.08. The Morgan fingerprint density at radius 2 is 2.00 bits per heavy atom. The van der Waals surface area contributed by atoms with Gasteiger partial charge in [-0.15, -0.1) is 16.7 Å². The number of thioether (sulfide) groups is 1. The SMILES string of the molecule is CC(=O)c1c(SCc2ccc(N=O)cc2)[nH]c2c(c1=O)=C(Cl)CCC=2Br. The number of nitrogens with zero attached hydrogens (tertiary/aromatic N) is 1. The monoisotopic (exact) mass is 452 g/mol. The average molecular weight is 454 g/mol. The van der Waals surface area contributed by atoms with Crippen LogP contribution in [0.3, 0.4) is 0 Å². The highest BCUT2D eigenvalue weighted by Crippen LogP contribution is 2.25. The number of hydrogen-bond acceptors (Lipinski definition) is 5. The lowest BCUT2D eigenvalue weighted by molar-refractivity contribution is 0.101. The quantitative estimate of drug-likeness (QED) is 0.423. The number of aromatic amines is 1. The molecular weight excluding hydrogens is 440 g/mol. The molecule has 134 valence electrons. The summed E-state index contributed by atoms with van der Waals surface area (Å²) in [5, 5.41) is 4.87. The number of carbonyl (C=O) groups excluding carboxylic acids is 1. The third-order valence-electron chi connectivity index (χ3n) is 4.05. The molecule has 1 aromatic carbocycles. The summed E-state index contributed by atoms with van der Waals surface area (Å²) in [5.41, 5.74) is 1.09. The molecule has 0 saturated heterocycles. The fraction of sp³-hybridized carbons (Fsp3) is 0.222. The van der Waals surface area contributed by atoms with Crippen molar-refractivity contribution < 1.29 is 4.79 Å². The van der Waals surface area contributed by atoms with Crippen molar-refractivity contribution in [1.82, 2.24) is 4.98 Å². The summed E-state index contributed by atoms with van der Waals surface area (Å²) in [5.74, 6) is 0.228. The van der Waals surface area contributed by atoms with Gasteiger partial charge in [-0.25, -0.2) is 0 Å². The zero-order valence-corrected chi connectivity index (χ0v) is 16.9. The van der Waals surface area contributed by atoms with E-state index in [2.05, 4.69) is 26.1 Å². The van der Waals surface area contributed by atoms with Crippen LogP contribution in [-0.2, 0) is 5.75 Å². The van der Waals surface area contributed by atoms with Gasteiger partial charge in [-0.2, -0.15) is 0 Å². The minimum absolute atomic E-state index is 0.125. The van der Waals surface area contributed by atoms with Crippen LogP contribution in [-0.4, -0.2) is 10.8 Å². The number of Topliss-reactive ketones (excluding diaryl/α,β-unsaturated/α-hetero) is 1. The Morgan fingerprint density at radius 3 is 2.62 bits per heavy atom. The minimum Gasteiger partial charge on any atom is -0.348 e. The maximum atomic E-state index is 12.9. The second-order valence-corrected chi connectivity index (χ2v) is 8.22. The molecule has 0 amide bonds. The summed E-state index contributed by atoms with van der Waals surface area (Å²) in [6.07, 6.45) is 1.27. The van der Waals surface area contributed by atoms with Gasteiger partial charge in [0.2, 0.25) is 5.43 Å². The van der Waals surface area contributed by atoms with Crippen molar-refractivity contribution in [3.05, 3.63) is 61.1 Å². The van der Waals surface area contributed by atoms with Crippen LogP contribution in [0.2, 0.25) is 0 Å². The Morgan fingerprint density at radius 1 is 1.31 bits per heavy atom. The average Bonchev–Trinajstić information content (AvgIpc) is 2.62. The first kappa shape index (κ1) is 19.1. The van der Waals surface area contributed by atoms with E-state index in [1.807, 2.05) is 0 Å². The Labute approximate surface area is 166 Å². The zero-order chi connectivity index (χ0) is 18.8. The van der Waals surface area contributed by atoms with Gasteiger partial charge in [0.05, 0.1) is 21.2 Å². The van der Waals surface area contributed by atoms with Crippen molar-refractivity contribution in [2.45, 2.75) is 30.5 Å². The summed E-state index contributed by atoms with van der Waals surface area (Å²) < 4.78 is 0.868. The molecule has 3 rings (SSSR count). The van der Waals surface area contributed by atoms with E-state index in [0.717, 1.165) is 10.0 Å². The van der Waals surface area contributed by atoms with Crippen LogP contribution in [0.15, 0.2) is 39.3 Å². The number of benzene rings is 1. The van der Waals surface area contributed by atoms with Crippen LogP contribution in [0.25, 0.3) is 9.51 Å². The minimum atomic E-state index is -0.337. The molecule has 0 fully saturated rings. The van der Waals surface area contributed by atoms with E-state index in [-0.39, 0.29) is 16.8 Å². The molecule has 0 bridgehead atoms. The lowest BCUT2D eigenvalue weighted by Gasteiger charge is -2.13. The highest BCUT2D eigenvalue weighted by molar-refractivity contribution is 9.14. The maximum Gasteiger partial charge on any atom is 0.202 e. The lowest BCUT2D eigenvalue weighted by atomic mass is 10.1. The number of ketones is 1. The molecule has 1 aliphatic carbocycles. The number of nitrogens with one attached hydrogen (secondary N) is 1. The van der Waals surface area contributed by atoms with Crippen molar-refractivity contribution in [3.8, 4) is 0 Å². The number of aromatic nitrogens is 1. The largest absolute Gasteiger partial charge is 0.348 e. The van der Waals surface area contributed by atoms with E-state index in [1.165, 1.54) is 18.7 Å². The molecule has 2 aromatic rings. The number of pyridine rings is 1. The van der Waals surface area contributed by atoms with E-state index >= 15 is 0 Å². The van der Waals surface area contributed by atoms with E-state index in [0.29, 0.717) is 44.9 Å². The van der Waals surface area contributed by atoms with Crippen molar-refractivity contribution in [2.24, 2.45) is 5.18 Å². The molecule has 0 atom stereocenters. The van der Waals surface area contributed by atoms with Crippen LogP contribution >= 0.6 is 39.3 Å². The van der Waals surface area contributed by atoms with Gasteiger partial charge >= 0.3 is 0 Å². The fourth-order valence-electron chi connectivity index (χ4n) is 2.75. The Hall–Kier alpha value is -1.70. The number of rotatable bonds is 5. The van der Waals surface area contributed by atoms with Gasteiger partial charge in [0.25, 0.3) is 0 Å². The molecular formula is C18H14BrClN2O3S. The molecule has 1 N–H and O–H groups in total. The van der Waals surface area contributed by atoms with Crippen molar-refractivity contribution in [2.75, 3.05) is 0 Å². The maximum absolute atomic E-state index is 12.9. The summed E-state index contributed by atoms with van der Waals surface area (Å²) in [6, 6.07) is 6.84. The number of halogens is 2. The molecule has 26 heavy (non-hydrogen) atoms. The van der Waals surface area contributed by atoms with Gasteiger partial charge in [-0.1, -0.05) is 39.7 Å². The molecule has 1 aliphatic rings. The fourth-order valence-corrected chi connectivity index (χ4v) is 4.58. The number of fused-ring (bicyclic) bond motifs is 1. The van der Waals surface area contributed by atoms with Gasteiger partial charge in [0.15, 0.2) is 5.78 Å². The van der Waals surface area contributed by atoms with Gasteiger partial charge < -0.3 is 4.98 Å². The zero-order valence-electron chi connectivity index (χ0n) is 13.8. The Bertz CT molecular complexity index is 1080. The highest BCUT2D eigenvalue weighted by Gasteiger charge is 2.19. The molecule has 5 nitrogen and oxygen atoms in total. The summed E-state index contributed by atoms with van der Waals surface area (Å²) >= 11 is 11.1. The second-order valence-electron chi connectivity index (χ2n) is 5.82. The van der Waals surface area contributed by atoms with E-state index in [4.69, 9.17) is 11.6 Å². The summed E-state index contributed by atoms with van der Waals surface area (Å²) in [4.78, 5) is 38.7. The van der Waals surface area contributed by atoms with Crippen molar-refractivity contribution in [1.29, 1.82) is 0 Å². The molecule has 0 unspecified atom stereocenters. The third-order valence-corrected chi connectivity index (χ3v) is 6.30. The van der Waals surface area contributed by atoms with Crippen LogP contribution in [0, 0.1) is 4.91 Å². The smallest absolute Gasteiger partial charge is 0.202 e. The van der Waals surface area contributed by atoms with Crippen molar-refractivity contribution in [3.63, 3.8) is 0 Å². The van der Waals surface area contributed by atoms with Crippen LogP contribution in [0.5, 0.6) is 0 Å². The standard InChI is InChI=1S/C18H14BrClN2O3S/c1-9(23)14-17(24)15-13(20)7-6-12(19)16(15)21-18(14)26-8-10-2-4-11(22-25)5-3-10/h2-5,21H,6-8H2,1H3. The van der Waals surface area contributed by atoms with Crippen molar-refractivity contribution >= 4 is 60.3 Å². The topological polar surface area (TPSA) is 79.4 Å². The predicted molar refractivity (Wildman–Crippen MR) is 109 cm³/mol. The van der Waals surface area contributed by atoms with Gasteiger partial charge in [-0.3, -0.25) is 9.59 Å². The van der Waals surface area contributed by atoms with Gasteiger partial charge in [0.1, 0.15) is 5.69 Å². The first-order chi connectivity index (χ1) is 12.4. The number of hydrogen-bond donors (Lipinski definition) is 1. The predicted octanol–water partition coefficient (Wildman–Crippen LogP) is 3.91. The number of H-pyrrole nitrogens is 1. The van der Waals surface area contributed by atoms with Crippen LogP contribution < -0.4 is 16.0 Å². The second kappa shape index (κ2) is 7.90. The van der Waals surface area contributed by atoms with Crippen LogP contribution in [0.1, 0.15) is 35.7 Å². The van der Waals surface area contributed by atoms with E-state index in [1.54, 1.807) is 24.3 Å². The third kappa shape index (κ3) is 3.70.